The van der Waals surface area contributed by atoms with E-state index < -0.39 is 28.1 Å². The van der Waals surface area contributed by atoms with Gasteiger partial charge < -0.3 is 0 Å². The van der Waals surface area contributed by atoms with Gasteiger partial charge in [-0.1, -0.05) is 30.3 Å². The van der Waals surface area contributed by atoms with Crippen LogP contribution in [0.4, 0.5) is 0 Å². The lowest BCUT2D eigenvalue weighted by Gasteiger charge is -2.16. The zero-order valence-corrected chi connectivity index (χ0v) is 12.9. The van der Waals surface area contributed by atoms with Crippen LogP contribution in [0, 0.1) is 22.7 Å². The van der Waals surface area contributed by atoms with E-state index in [1.807, 2.05) is 30.3 Å². The summed E-state index contributed by atoms with van der Waals surface area (Å²) in [6.45, 7) is 0.313. The number of alkyl halides is 1. The predicted molar refractivity (Wildman–Crippen MR) is 85.0 cm³/mol. The van der Waals surface area contributed by atoms with Gasteiger partial charge in [-0.2, -0.15) is 10.5 Å². The van der Waals surface area contributed by atoms with E-state index in [-0.39, 0.29) is 5.71 Å². The second-order valence-electron chi connectivity index (χ2n) is 4.89. The first-order valence-corrected chi connectivity index (χ1v) is 7.39. The fourth-order valence-corrected chi connectivity index (χ4v) is 2.50. The fraction of sp³-hybridized carbons (Fsp3) is 0.235. The Morgan fingerprint density at radius 1 is 1.09 bits per heavy atom. The highest BCUT2D eigenvalue weighted by Gasteiger charge is 2.39. The largest absolute Gasteiger partial charge is 0.291 e. The maximum atomic E-state index is 12.1. The topological polar surface area (TPSA) is 94.1 Å². The van der Waals surface area contributed by atoms with Crippen LogP contribution in [0.25, 0.3) is 0 Å². The molecule has 23 heavy (non-hydrogen) atoms. The molecule has 0 unspecified atom stereocenters. The number of carbonyl (C=O) groups is 2. The van der Waals surface area contributed by atoms with Gasteiger partial charge in [-0.3, -0.25) is 14.6 Å². The van der Waals surface area contributed by atoms with Crippen molar-refractivity contribution in [3.8, 4) is 12.1 Å². The summed E-state index contributed by atoms with van der Waals surface area (Å²) in [6, 6.07) is 13.0. The van der Waals surface area contributed by atoms with Crippen LogP contribution in [0.1, 0.15) is 12.0 Å². The SMILES string of the molecule is N#CC1=C(C#N)C(=O)[C@H](Cl)C(=NCCCc2ccccc2)C1=O. The monoisotopic (exact) mass is 325 g/mol. The number of nitriles is 2. The molecule has 114 valence electrons. The zero-order valence-electron chi connectivity index (χ0n) is 12.1. The Morgan fingerprint density at radius 3 is 2.35 bits per heavy atom. The maximum Gasteiger partial charge on any atom is 0.220 e. The summed E-state index contributed by atoms with van der Waals surface area (Å²) in [5.41, 5.74) is 0.0303. The lowest BCUT2D eigenvalue weighted by atomic mass is 9.89. The summed E-state index contributed by atoms with van der Waals surface area (Å²) >= 11 is 5.92. The number of hydrogen-bond donors (Lipinski definition) is 0. The predicted octanol–water partition coefficient (Wildman–Crippen LogP) is 2.16. The minimum atomic E-state index is -1.30. The van der Waals surface area contributed by atoms with Crippen LogP contribution in [-0.4, -0.2) is 29.2 Å². The van der Waals surface area contributed by atoms with Crippen LogP contribution in [0.5, 0.6) is 0 Å². The third-order valence-electron chi connectivity index (χ3n) is 3.40. The third-order valence-corrected chi connectivity index (χ3v) is 3.80. The molecule has 6 heteroatoms. The standard InChI is InChI=1S/C17H12ClN3O2/c18-14-15(17(23)13(10-20)12(9-19)16(14)22)21-8-4-7-11-5-2-1-3-6-11/h1-3,5-6,14H,4,7-8H2/t14-/m1/s1. The molecular weight excluding hydrogens is 314 g/mol. The van der Waals surface area contributed by atoms with E-state index in [0.717, 1.165) is 12.0 Å². The number of allylic oxidation sites excluding steroid dienone is 2. The molecule has 1 aromatic rings. The fourth-order valence-electron chi connectivity index (χ4n) is 2.23. The van der Waals surface area contributed by atoms with E-state index in [2.05, 4.69) is 4.99 Å². The number of rotatable bonds is 4. The van der Waals surface area contributed by atoms with Crippen molar-refractivity contribution in [2.24, 2.45) is 4.99 Å². The van der Waals surface area contributed by atoms with Crippen LogP contribution in [0.15, 0.2) is 46.5 Å². The van der Waals surface area contributed by atoms with Gasteiger partial charge in [-0.05, 0) is 18.4 Å². The molecule has 1 aliphatic carbocycles. The molecule has 0 amide bonds. The van der Waals surface area contributed by atoms with Crippen LogP contribution in [0.2, 0.25) is 0 Å². The summed E-state index contributed by atoms with van der Waals surface area (Å²) in [5.74, 6) is -1.48. The highest BCUT2D eigenvalue weighted by Crippen LogP contribution is 2.21. The molecule has 0 saturated carbocycles. The van der Waals surface area contributed by atoms with E-state index in [1.54, 1.807) is 12.1 Å². The normalized spacial score (nSPS) is 19.6. The second kappa shape index (κ2) is 7.49. The minimum absolute atomic E-state index is 0.153. The zero-order chi connectivity index (χ0) is 16.8. The Hall–Kier alpha value is -2.76. The lowest BCUT2D eigenvalue weighted by Crippen LogP contribution is -2.39. The number of aliphatic imine (C=N–C) groups is 1. The van der Waals surface area contributed by atoms with Gasteiger partial charge in [0, 0.05) is 6.54 Å². The van der Waals surface area contributed by atoms with Crippen molar-refractivity contribution in [3.05, 3.63) is 47.0 Å². The molecule has 0 spiro atoms. The molecular formula is C17H12ClN3O2. The van der Waals surface area contributed by atoms with E-state index in [9.17, 15) is 9.59 Å². The van der Waals surface area contributed by atoms with Gasteiger partial charge in [0.1, 0.15) is 34.4 Å². The molecule has 0 saturated heterocycles. The Kier molecular flexibility index (Phi) is 5.41. The molecule has 0 aromatic heterocycles. The summed E-state index contributed by atoms with van der Waals surface area (Å²) in [4.78, 5) is 28.2. The van der Waals surface area contributed by atoms with Gasteiger partial charge in [0.2, 0.25) is 5.78 Å². The molecule has 0 aliphatic heterocycles. The van der Waals surface area contributed by atoms with Crippen LogP contribution in [-0.2, 0) is 16.0 Å². The van der Waals surface area contributed by atoms with Gasteiger partial charge in [-0.15, -0.1) is 11.6 Å². The van der Waals surface area contributed by atoms with E-state index >= 15 is 0 Å². The van der Waals surface area contributed by atoms with Crippen molar-refractivity contribution < 1.29 is 9.59 Å². The van der Waals surface area contributed by atoms with Crippen molar-refractivity contribution >= 4 is 28.9 Å². The number of halogens is 1. The van der Waals surface area contributed by atoms with Gasteiger partial charge in [0.25, 0.3) is 0 Å². The lowest BCUT2D eigenvalue weighted by molar-refractivity contribution is -0.116. The Labute approximate surface area is 138 Å². The molecule has 2 rings (SSSR count). The second-order valence-corrected chi connectivity index (χ2v) is 5.32. The number of carbonyl (C=O) groups excluding carboxylic acids is 2. The molecule has 5 nitrogen and oxygen atoms in total. The Bertz CT molecular complexity index is 782. The van der Waals surface area contributed by atoms with Crippen molar-refractivity contribution in [1.29, 1.82) is 10.5 Å². The van der Waals surface area contributed by atoms with Crippen molar-refractivity contribution in [2.45, 2.75) is 18.2 Å². The number of aryl methyl sites for hydroxylation is 1. The van der Waals surface area contributed by atoms with E-state index in [1.165, 1.54) is 0 Å². The van der Waals surface area contributed by atoms with Crippen LogP contribution in [0.3, 0.4) is 0 Å². The number of Topliss-reactive ketones (excluding diaryl/α,β-unsaturated/α-hetero) is 2. The molecule has 0 heterocycles. The Balaban J connectivity index is 2.12. The van der Waals surface area contributed by atoms with Crippen LogP contribution < -0.4 is 0 Å². The molecule has 0 N–H and O–H groups in total. The average molecular weight is 326 g/mol. The summed E-state index contributed by atoms with van der Waals surface area (Å²) < 4.78 is 0. The highest BCUT2D eigenvalue weighted by molar-refractivity contribution is 6.65. The number of nitrogens with zero attached hydrogens (tertiary/aromatic N) is 3. The molecule has 0 bridgehead atoms. The summed E-state index contributed by atoms with van der Waals surface area (Å²) in [6.07, 6.45) is 1.45. The average Bonchev–Trinajstić information content (AvgIpc) is 2.58. The minimum Gasteiger partial charge on any atom is -0.291 e. The molecule has 0 fully saturated rings. The number of benzene rings is 1. The summed E-state index contributed by atoms with van der Waals surface area (Å²) in [5, 5.41) is 16.6. The van der Waals surface area contributed by atoms with E-state index in [0.29, 0.717) is 13.0 Å². The highest BCUT2D eigenvalue weighted by atomic mass is 35.5. The van der Waals surface area contributed by atoms with Gasteiger partial charge in [-0.25, -0.2) is 0 Å². The molecule has 1 aliphatic rings. The molecule has 1 atom stereocenters. The first kappa shape index (κ1) is 16.6. The first-order chi connectivity index (χ1) is 11.1. The number of ketones is 2. The van der Waals surface area contributed by atoms with Crippen LogP contribution >= 0.6 is 11.6 Å². The van der Waals surface area contributed by atoms with Gasteiger partial charge >= 0.3 is 0 Å². The van der Waals surface area contributed by atoms with Crippen molar-refractivity contribution in [1.82, 2.24) is 0 Å². The smallest absolute Gasteiger partial charge is 0.220 e. The third kappa shape index (κ3) is 3.53. The molecule has 0 radical (unpaired) electrons. The molecule has 1 aromatic carbocycles. The Morgan fingerprint density at radius 2 is 1.74 bits per heavy atom. The summed E-state index contributed by atoms with van der Waals surface area (Å²) in [7, 11) is 0. The van der Waals surface area contributed by atoms with Gasteiger partial charge in [0.15, 0.2) is 5.78 Å². The quantitative estimate of drug-likeness (QED) is 0.626. The first-order valence-electron chi connectivity index (χ1n) is 6.96. The maximum absolute atomic E-state index is 12.1. The number of hydrogen-bond acceptors (Lipinski definition) is 5. The van der Waals surface area contributed by atoms with Gasteiger partial charge in [0.05, 0.1) is 0 Å². The van der Waals surface area contributed by atoms with Crippen molar-refractivity contribution in [3.63, 3.8) is 0 Å². The van der Waals surface area contributed by atoms with Crippen molar-refractivity contribution in [2.75, 3.05) is 6.54 Å². The van der Waals surface area contributed by atoms with E-state index in [4.69, 9.17) is 22.1 Å².